The number of hydrogen-bond acceptors (Lipinski definition) is 5. The van der Waals surface area contributed by atoms with Gasteiger partial charge in [0.05, 0.1) is 31.5 Å². The molecule has 0 radical (unpaired) electrons. The number of amides is 1. The molecule has 0 aromatic heterocycles. The highest BCUT2D eigenvalue weighted by Gasteiger charge is 2.30. The van der Waals surface area contributed by atoms with Crippen molar-refractivity contribution >= 4 is 17.5 Å². The van der Waals surface area contributed by atoms with Gasteiger partial charge in [0.25, 0.3) is 5.91 Å². The number of morpholine rings is 1. The van der Waals surface area contributed by atoms with Crippen molar-refractivity contribution in [3.63, 3.8) is 0 Å². The zero-order valence-electron chi connectivity index (χ0n) is 17.1. The molecule has 6 nitrogen and oxygen atoms in total. The molecule has 2 heterocycles. The van der Waals surface area contributed by atoms with Crippen LogP contribution >= 0.6 is 11.6 Å². The lowest BCUT2D eigenvalue weighted by Crippen LogP contribution is -2.51. The lowest BCUT2D eigenvalue weighted by Gasteiger charge is -2.41. The third-order valence-corrected chi connectivity index (χ3v) is 5.75. The van der Waals surface area contributed by atoms with Crippen LogP contribution in [-0.4, -0.2) is 74.4 Å². The Bertz CT molecular complexity index is 677. The lowest BCUT2D eigenvalue weighted by atomic mass is 10.0. The van der Waals surface area contributed by atoms with E-state index in [4.69, 9.17) is 25.8 Å². The number of ether oxygens (including phenoxy) is 3. The largest absolute Gasteiger partial charge is 0.493 e. The van der Waals surface area contributed by atoms with Crippen LogP contribution in [0.25, 0.3) is 0 Å². The first-order valence-electron chi connectivity index (χ1n) is 10.2. The minimum Gasteiger partial charge on any atom is -0.493 e. The number of piperidine rings is 1. The van der Waals surface area contributed by atoms with Crippen LogP contribution in [-0.2, 0) is 4.74 Å². The molecular weight excluding hydrogens is 380 g/mol. The molecule has 2 aliphatic heterocycles. The number of likely N-dealkylation sites (tertiary alicyclic amines) is 1. The molecule has 2 saturated heterocycles. The predicted octanol–water partition coefficient (Wildman–Crippen LogP) is 3.46. The molecule has 2 aliphatic rings. The van der Waals surface area contributed by atoms with Crippen molar-refractivity contribution in [2.75, 3.05) is 46.5 Å². The Balaban J connectivity index is 1.64. The fourth-order valence-electron chi connectivity index (χ4n) is 3.98. The van der Waals surface area contributed by atoms with E-state index in [1.165, 1.54) is 0 Å². The third kappa shape index (κ3) is 4.91. The van der Waals surface area contributed by atoms with E-state index in [0.717, 1.165) is 52.0 Å². The Hall–Kier alpha value is -1.50. The second-order valence-electron chi connectivity index (χ2n) is 7.54. The SMILES string of the molecule is CCCOc1c(Cl)cc(C(=O)N2CCC(N3CCOC(C)C3)CC2)cc1OC. The second kappa shape index (κ2) is 9.81. The summed E-state index contributed by atoms with van der Waals surface area (Å²) in [6.45, 7) is 8.96. The number of nitrogens with zero attached hydrogens (tertiary/aromatic N) is 2. The summed E-state index contributed by atoms with van der Waals surface area (Å²) in [7, 11) is 1.56. The van der Waals surface area contributed by atoms with E-state index < -0.39 is 0 Å². The van der Waals surface area contributed by atoms with Crippen LogP contribution in [0.1, 0.15) is 43.5 Å². The topological polar surface area (TPSA) is 51.2 Å². The highest BCUT2D eigenvalue weighted by atomic mass is 35.5. The average Bonchev–Trinajstić information content (AvgIpc) is 2.72. The number of carbonyl (C=O) groups excluding carboxylic acids is 1. The maximum absolute atomic E-state index is 13.0. The minimum absolute atomic E-state index is 0.00367. The molecule has 3 rings (SSSR count). The van der Waals surface area contributed by atoms with E-state index in [0.29, 0.717) is 34.7 Å². The Morgan fingerprint density at radius 2 is 2.04 bits per heavy atom. The second-order valence-corrected chi connectivity index (χ2v) is 7.94. The molecule has 28 heavy (non-hydrogen) atoms. The van der Waals surface area contributed by atoms with E-state index >= 15 is 0 Å². The van der Waals surface area contributed by atoms with Crippen LogP contribution < -0.4 is 9.47 Å². The molecule has 1 aromatic carbocycles. The molecule has 7 heteroatoms. The highest BCUT2D eigenvalue weighted by molar-refractivity contribution is 6.32. The van der Waals surface area contributed by atoms with Crippen molar-refractivity contribution in [2.24, 2.45) is 0 Å². The number of carbonyl (C=O) groups is 1. The standard InChI is InChI=1S/C21H31ClN2O4/c1-4-10-28-20-18(22)12-16(13-19(20)26-3)21(25)23-7-5-17(6-8-23)24-9-11-27-15(2)14-24/h12-13,15,17H,4-11,14H2,1-3H3. The number of rotatable bonds is 6. The van der Waals surface area contributed by atoms with Crippen molar-refractivity contribution in [2.45, 2.75) is 45.3 Å². The molecule has 0 spiro atoms. The summed E-state index contributed by atoms with van der Waals surface area (Å²) >= 11 is 6.38. The zero-order valence-corrected chi connectivity index (χ0v) is 17.8. The van der Waals surface area contributed by atoms with E-state index in [-0.39, 0.29) is 12.0 Å². The van der Waals surface area contributed by atoms with Crippen LogP contribution in [0.15, 0.2) is 12.1 Å². The maximum atomic E-state index is 13.0. The molecule has 1 atom stereocenters. The Morgan fingerprint density at radius 1 is 1.29 bits per heavy atom. The van der Waals surface area contributed by atoms with Gasteiger partial charge in [0.1, 0.15) is 0 Å². The first kappa shape index (κ1) is 21.2. The molecule has 0 saturated carbocycles. The molecular formula is C21H31ClN2O4. The van der Waals surface area contributed by atoms with Gasteiger partial charge >= 0.3 is 0 Å². The molecule has 0 aliphatic carbocycles. The quantitative estimate of drug-likeness (QED) is 0.718. The van der Waals surface area contributed by atoms with Crippen molar-refractivity contribution in [3.8, 4) is 11.5 Å². The van der Waals surface area contributed by atoms with E-state index in [9.17, 15) is 4.79 Å². The third-order valence-electron chi connectivity index (χ3n) is 5.47. The van der Waals surface area contributed by atoms with Gasteiger partial charge < -0.3 is 19.1 Å². The van der Waals surface area contributed by atoms with Crippen molar-refractivity contribution in [1.29, 1.82) is 0 Å². The van der Waals surface area contributed by atoms with Gasteiger partial charge in [-0.2, -0.15) is 0 Å². The zero-order chi connectivity index (χ0) is 20.1. The molecule has 0 N–H and O–H groups in total. The van der Waals surface area contributed by atoms with Crippen LogP contribution in [0.4, 0.5) is 0 Å². The maximum Gasteiger partial charge on any atom is 0.254 e. The first-order chi connectivity index (χ1) is 13.5. The Labute approximate surface area is 172 Å². The van der Waals surface area contributed by atoms with E-state index in [1.807, 2.05) is 11.8 Å². The van der Waals surface area contributed by atoms with Gasteiger partial charge in [-0.05, 0) is 38.3 Å². The summed E-state index contributed by atoms with van der Waals surface area (Å²) in [5.41, 5.74) is 0.546. The molecule has 1 aromatic rings. The number of benzene rings is 1. The van der Waals surface area contributed by atoms with Crippen molar-refractivity contribution in [1.82, 2.24) is 9.80 Å². The van der Waals surface area contributed by atoms with Gasteiger partial charge in [0.2, 0.25) is 0 Å². The number of halogens is 1. The molecule has 0 bridgehead atoms. The highest BCUT2D eigenvalue weighted by Crippen LogP contribution is 2.37. The van der Waals surface area contributed by atoms with Crippen LogP contribution in [0, 0.1) is 0 Å². The summed E-state index contributed by atoms with van der Waals surface area (Å²) < 4.78 is 16.7. The first-order valence-corrected chi connectivity index (χ1v) is 10.6. The predicted molar refractivity (Wildman–Crippen MR) is 110 cm³/mol. The fourth-order valence-corrected chi connectivity index (χ4v) is 4.25. The molecule has 156 valence electrons. The summed E-state index contributed by atoms with van der Waals surface area (Å²) in [6, 6.07) is 3.94. The van der Waals surface area contributed by atoms with Crippen LogP contribution in [0.5, 0.6) is 11.5 Å². The van der Waals surface area contributed by atoms with Crippen LogP contribution in [0.2, 0.25) is 5.02 Å². The minimum atomic E-state index is -0.00367. The van der Waals surface area contributed by atoms with Gasteiger partial charge in [0.15, 0.2) is 11.5 Å². The number of hydrogen-bond donors (Lipinski definition) is 0. The summed E-state index contributed by atoms with van der Waals surface area (Å²) in [6.07, 6.45) is 3.13. The number of methoxy groups -OCH3 is 1. The van der Waals surface area contributed by atoms with Gasteiger partial charge in [-0.1, -0.05) is 18.5 Å². The molecule has 2 fully saturated rings. The fraction of sp³-hybridized carbons (Fsp3) is 0.667. The molecule has 1 amide bonds. The summed E-state index contributed by atoms with van der Waals surface area (Å²) in [5, 5.41) is 0.411. The summed E-state index contributed by atoms with van der Waals surface area (Å²) in [5.74, 6) is 1.00. The Kier molecular flexibility index (Phi) is 7.43. The molecule has 1 unspecified atom stereocenters. The van der Waals surface area contributed by atoms with Gasteiger partial charge in [-0.15, -0.1) is 0 Å². The smallest absolute Gasteiger partial charge is 0.254 e. The lowest BCUT2D eigenvalue weighted by molar-refractivity contribution is -0.0423. The average molecular weight is 411 g/mol. The Morgan fingerprint density at radius 3 is 2.68 bits per heavy atom. The van der Waals surface area contributed by atoms with Gasteiger partial charge in [-0.25, -0.2) is 0 Å². The van der Waals surface area contributed by atoms with Gasteiger partial charge in [-0.3, -0.25) is 9.69 Å². The van der Waals surface area contributed by atoms with E-state index in [1.54, 1.807) is 19.2 Å². The van der Waals surface area contributed by atoms with Crippen LogP contribution in [0.3, 0.4) is 0 Å². The normalized spacial score (nSPS) is 21.6. The summed E-state index contributed by atoms with van der Waals surface area (Å²) in [4.78, 5) is 17.4. The van der Waals surface area contributed by atoms with Crippen molar-refractivity contribution < 1.29 is 19.0 Å². The van der Waals surface area contributed by atoms with Crippen molar-refractivity contribution in [3.05, 3.63) is 22.7 Å². The van der Waals surface area contributed by atoms with Gasteiger partial charge in [0, 0.05) is 37.8 Å². The monoisotopic (exact) mass is 410 g/mol. The van der Waals surface area contributed by atoms with E-state index in [2.05, 4.69) is 11.8 Å².